The highest BCUT2D eigenvalue weighted by Crippen LogP contribution is 2.36. The summed E-state index contributed by atoms with van der Waals surface area (Å²) in [4.78, 5) is 26.3. The van der Waals surface area contributed by atoms with Crippen LogP contribution in [0.5, 0.6) is 11.5 Å². The van der Waals surface area contributed by atoms with Gasteiger partial charge in [0, 0.05) is 6.42 Å². The van der Waals surface area contributed by atoms with E-state index in [0.717, 1.165) is 22.2 Å². The molecule has 150 valence electrons. The molecule has 2 aromatic carbocycles. The molecule has 2 aromatic rings. The minimum Gasteiger partial charge on any atom is -0.504 e. The zero-order valence-corrected chi connectivity index (χ0v) is 17.2. The van der Waals surface area contributed by atoms with Crippen molar-refractivity contribution in [2.24, 2.45) is 0 Å². The van der Waals surface area contributed by atoms with Crippen LogP contribution in [-0.2, 0) is 16.0 Å². The third-order valence-corrected chi connectivity index (χ3v) is 5.60. The Kier molecular flexibility index (Phi) is 6.56. The maximum atomic E-state index is 12.9. The number of carbonyl (C=O) groups excluding carboxylic acids is 1. The second-order valence-corrected chi connectivity index (χ2v) is 7.93. The summed E-state index contributed by atoms with van der Waals surface area (Å²) in [6, 6.07) is 12.8. The number of rotatable bonds is 7. The Labute approximate surface area is 177 Å². The number of thioether (sulfide) groups is 1. The van der Waals surface area contributed by atoms with Gasteiger partial charge in [-0.1, -0.05) is 60.4 Å². The molecule has 1 aliphatic heterocycles. The smallest absolute Gasteiger partial charge is 0.327 e. The lowest BCUT2D eigenvalue weighted by Gasteiger charge is -2.23. The molecule has 0 saturated carbocycles. The van der Waals surface area contributed by atoms with Crippen LogP contribution >= 0.6 is 24.0 Å². The molecule has 0 bridgehead atoms. The fourth-order valence-electron chi connectivity index (χ4n) is 2.92. The monoisotopic (exact) mass is 429 g/mol. The summed E-state index contributed by atoms with van der Waals surface area (Å²) in [7, 11) is 0. The van der Waals surface area contributed by atoms with Crippen LogP contribution in [0.1, 0.15) is 18.1 Å². The fourth-order valence-corrected chi connectivity index (χ4v) is 4.27. The number of carbonyl (C=O) groups is 2. The predicted molar refractivity (Wildman–Crippen MR) is 116 cm³/mol. The van der Waals surface area contributed by atoms with E-state index >= 15 is 0 Å². The number of benzene rings is 2. The van der Waals surface area contributed by atoms with Crippen molar-refractivity contribution in [1.82, 2.24) is 4.90 Å². The maximum Gasteiger partial charge on any atom is 0.327 e. The molecule has 6 nitrogen and oxygen atoms in total. The molecule has 0 aromatic heterocycles. The minimum atomic E-state index is -1.12. The van der Waals surface area contributed by atoms with Gasteiger partial charge in [-0.2, -0.15) is 0 Å². The van der Waals surface area contributed by atoms with E-state index in [9.17, 15) is 19.8 Å². The molecule has 0 radical (unpaired) electrons. The number of carboxylic acids is 1. The highest BCUT2D eigenvalue weighted by Gasteiger charge is 2.40. The van der Waals surface area contributed by atoms with Gasteiger partial charge in [0.15, 0.2) is 11.5 Å². The molecule has 3 rings (SSSR count). The second-order valence-electron chi connectivity index (χ2n) is 6.26. The van der Waals surface area contributed by atoms with E-state index in [4.69, 9.17) is 17.0 Å². The van der Waals surface area contributed by atoms with Gasteiger partial charge in [0.1, 0.15) is 10.4 Å². The topological polar surface area (TPSA) is 87.1 Å². The van der Waals surface area contributed by atoms with Gasteiger partial charge in [0.05, 0.1) is 11.5 Å². The van der Waals surface area contributed by atoms with E-state index < -0.39 is 17.9 Å². The summed E-state index contributed by atoms with van der Waals surface area (Å²) in [5, 5.41) is 19.5. The second kappa shape index (κ2) is 9.11. The van der Waals surface area contributed by atoms with Crippen molar-refractivity contribution >= 4 is 46.3 Å². The number of ether oxygens (including phenoxy) is 1. The molecule has 0 spiro atoms. The number of amides is 1. The Morgan fingerprint density at radius 3 is 2.66 bits per heavy atom. The highest BCUT2D eigenvalue weighted by molar-refractivity contribution is 8.26. The summed E-state index contributed by atoms with van der Waals surface area (Å²) >= 11 is 6.37. The van der Waals surface area contributed by atoms with Crippen molar-refractivity contribution in [2.75, 3.05) is 6.61 Å². The van der Waals surface area contributed by atoms with Gasteiger partial charge < -0.3 is 14.9 Å². The molecule has 1 fully saturated rings. The molecule has 1 saturated heterocycles. The lowest BCUT2D eigenvalue weighted by Crippen LogP contribution is -2.45. The Morgan fingerprint density at radius 1 is 1.28 bits per heavy atom. The number of phenols is 1. The summed E-state index contributed by atoms with van der Waals surface area (Å²) in [5.74, 6) is -1.25. The average Bonchev–Trinajstić information content (AvgIpc) is 2.96. The molecule has 1 amide bonds. The standard InChI is InChI=1S/C21H19NO5S2/c1-2-27-17-11-14(8-9-16(17)23)12-18-19(24)22(21(28)29-18)15(20(25)26)10-13-6-4-3-5-7-13/h3-9,11-12,15,23H,2,10H2,1H3,(H,25,26). The largest absolute Gasteiger partial charge is 0.504 e. The van der Waals surface area contributed by atoms with Crippen LogP contribution in [0.25, 0.3) is 6.08 Å². The first-order valence-corrected chi connectivity index (χ1v) is 10.1. The summed E-state index contributed by atoms with van der Waals surface area (Å²) in [6.07, 6.45) is 1.77. The van der Waals surface area contributed by atoms with Crippen LogP contribution < -0.4 is 4.74 Å². The van der Waals surface area contributed by atoms with Crippen LogP contribution in [0, 0.1) is 0 Å². The zero-order chi connectivity index (χ0) is 21.0. The molecular weight excluding hydrogens is 410 g/mol. The van der Waals surface area contributed by atoms with E-state index in [1.54, 1.807) is 25.1 Å². The first kappa shape index (κ1) is 20.9. The van der Waals surface area contributed by atoms with Crippen molar-refractivity contribution in [1.29, 1.82) is 0 Å². The van der Waals surface area contributed by atoms with Gasteiger partial charge in [-0.3, -0.25) is 9.69 Å². The number of thiocarbonyl (C=S) groups is 1. The predicted octanol–water partition coefficient (Wildman–Crippen LogP) is 3.69. The van der Waals surface area contributed by atoms with Gasteiger partial charge in [-0.05, 0) is 36.3 Å². The lowest BCUT2D eigenvalue weighted by atomic mass is 10.0. The Morgan fingerprint density at radius 2 is 2.00 bits per heavy atom. The first-order valence-electron chi connectivity index (χ1n) is 8.90. The van der Waals surface area contributed by atoms with Crippen LogP contribution in [0.4, 0.5) is 0 Å². The van der Waals surface area contributed by atoms with Crippen molar-refractivity contribution in [3.8, 4) is 11.5 Å². The first-order chi connectivity index (χ1) is 13.9. The van der Waals surface area contributed by atoms with E-state index in [0.29, 0.717) is 22.8 Å². The van der Waals surface area contributed by atoms with Crippen LogP contribution in [-0.4, -0.2) is 44.0 Å². The SMILES string of the molecule is CCOc1cc(C=C2SC(=S)N(C(Cc3ccccc3)C(=O)O)C2=O)ccc1O. The van der Waals surface area contributed by atoms with Gasteiger partial charge in [-0.15, -0.1) is 0 Å². The molecule has 1 atom stereocenters. The zero-order valence-electron chi connectivity index (χ0n) is 15.6. The van der Waals surface area contributed by atoms with Gasteiger partial charge in [0.2, 0.25) is 0 Å². The minimum absolute atomic E-state index is 0.00495. The van der Waals surface area contributed by atoms with E-state index in [2.05, 4.69) is 0 Å². The van der Waals surface area contributed by atoms with Gasteiger partial charge in [-0.25, -0.2) is 4.79 Å². The molecule has 29 heavy (non-hydrogen) atoms. The van der Waals surface area contributed by atoms with Crippen molar-refractivity contribution in [3.05, 3.63) is 64.6 Å². The number of hydrogen-bond acceptors (Lipinski definition) is 6. The van der Waals surface area contributed by atoms with E-state index in [-0.39, 0.29) is 16.5 Å². The molecule has 1 heterocycles. The van der Waals surface area contributed by atoms with Gasteiger partial charge >= 0.3 is 5.97 Å². The Balaban J connectivity index is 1.87. The normalized spacial score (nSPS) is 16.3. The van der Waals surface area contributed by atoms with Crippen LogP contribution in [0.2, 0.25) is 0 Å². The number of hydrogen-bond donors (Lipinski definition) is 2. The molecule has 1 aliphatic rings. The highest BCUT2D eigenvalue weighted by atomic mass is 32.2. The lowest BCUT2D eigenvalue weighted by molar-refractivity contribution is -0.145. The third-order valence-electron chi connectivity index (χ3n) is 4.27. The maximum absolute atomic E-state index is 12.9. The summed E-state index contributed by atoms with van der Waals surface area (Å²) < 4.78 is 5.56. The van der Waals surface area contributed by atoms with Crippen molar-refractivity contribution in [2.45, 2.75) is 19.4 Å². The molecule has 0 aliphatic carbocycles. The number of phenolic OH excluding ortho intramolecular Hbond substituents is 1. The number of aromatic hydroxyl groups is 1. The summed E-state index contributed by atoms with van der Waals surface area (Å²) in [6.45, 7) is 2.19. The van der Waals surface area contributed by atoms with E-state index in [1.807, 2.05) is 30.3 Å². The average molecular weight is 430 g/mol. The van der Waals surface area contributed by atoms with Crippen LogP contribution in [0.3, 0.4) is 0 Å². The molecule has 1 unspecified atom stereocenters. The summed E-state index contributed by atoms with van der Waals surface area (Å²) in [5.41, 5.74) is 1.44. The Hall–Kier alpha value is -2.84. The number of aliphatic carboxylic acids is 1. The number of carboxylic acid groups (broad SMARTS) is 1. The van der Waals surface area contributed by atoms with Crippen molar-refractivity contribution in [3.63, 3.8) is 0 Å². The fraction of sp³-hybridized carbons (Fsp3) is 0.190. The van der Waals surface area contributed by atoms with E-state index in [1.165, 1.54) is 6.07 Å². The Bertz CT molecular complexity index is 974. The molecular formula is C21H19NO5S2. The molecule has 8 heteroatoms. The number of nitrogens with zero attached hydrogens (tertiary/aromatic N) is 1. The molecule has 2 N–H and O–H groups in total. The quantitative estimate of drug-likeness (QED) is 0.513. The van der Waals surface area contributed by atoms with Gasteiger partial charge in [0.25, 0.3) is 5.91 Å². The van der Waals surface area contributed by atoms with Crippen molar-refractivity contribution < 1.29 is 24.5 Å². The van der Waals surface area contributed by atoms with Crippen LogP contribution in [0.15, 0.2) is 53.4 Å². The third kappa shape index (κ3) is 4.78.